The van der Waals surface area contributed by atoms with Gasteiger partial charge in [0.1, 0.15) is 11.6 Å². The number of nitrogens with one attached hydrogen (secondary N) is 1. The molecule has 0 radical (unpaired) electrons. The number of aliphatic hydroxyl groups is 1. The summed E-state index contributed by atoms with van der Waals surface area (Å²) in [5, 5.41) is 14.2. The van der Waals surface area contributed by atoms with Gasteiger partial charge in [0.2, 0.25) is 15.9 Å². The Morgan fingerprint density at radius 3 is 2.37 bits per heavy atom. The molecule has 0 aromatic heterocycles. The average molecular weight is 624 g/mol. The molecule has 0 spiro atoms. The molecule has 194 valence electrons. The Kier molecular flexibility index (Phi) is 11.5. The Hall–Kier alpha value is -1.67. The molecule has 7 nitrogen and oxygen atoms in total. The van der Waals surface area contributed by atoms with Crippen LogP contribution in [0.2, 0.25) is 0 Å². The molecule has 2 rings (SSSR count). The number of rotatable bonds is 14. The van der Waals surface area contributed by atoms with Crippen LogP contribution in [0.15, 0.2) is 42.5 Å². The van der Waals surface area contributed by atoms with Crippen molar-refractivity contribution in [2.75, 3.05) is 18.8 Å². The molecule has 0 aliphatic rings. The molecule has 4 N–H and O–H groups in total. The first-order chi connectivity index (χ1) is 16.4. The maximum absolute atomic E-state index is 13.9. The third kappa shape index (κ3) is 10.1. The van der Waals surface area contributed by atoms with Gasteiger partial charge >= 0.3 is 0 Å². The van der Waals surface area contributed by atoms with E-state index in [2.05, 4.69) is 27.9 Å². The lowest BCUT2D eigenvalue weighted by Gasteiger charge is -2.35. The number of halogens is 3. The van der Waals surface area contributed by atoms with Crippen molar-refractivity contribution in [1.29, 1.82) is 0 Å². The number of aliphatic hydroxyl groups excluding tert-OH is 1. The molecule has 35 heavy (non-hydrogen) atoms. The molecule has 0 unspecified atom stereocenters. The van der Waals surface area contributed by atoms with E-state index in [1.807, 2.05) is 24.3 Å². The number of amides is 1. The van der Waals surface area contributed by atoms with Gasteiger partial charge in [-0.3, -0.25) is 4.79 Å². The first-order valence-corrected chi connectivity index (χ1v) is 13.9. The van der Waals surface area contributed by atoms with Crippen molar-refractivity contribution in [3.63, 3.8) is 0 Å². The van der Waals surface area contributed by atoms with Gasteiger partial charge in [-0.2, -0.15) is 4.31 Å². The predicted octanol–water partition coefficient (Wildman–Crippen LogP) is 2.79. The molecule has 0 fully saturated rings. The number of nitrogens with zero attached hydrogens (tertiary/aromatic N) is 1. The summed E-state index contributed by atoms with van der Waals surface area (Å²) in [7, 11) is -3.94. The Morgan fingerprint density at radius 1 is 1.14 bits per heavy atom. The number of carbonyl (C=O) groups excluding carboxylic acids is 1. The third-order valence-corrected chi connectivity index (χ3v) is 8.16. The number of carbonyl (C=O) groups is 1. The summed E-state index contributed by atoms with van der Waals surface area (Å²) >= 11 is 2.19. The van der Waals surface area contributed by atoms with Gasteiger partial charge in [-0.15, -0.1) is 0 Å². The van der Waals surface area contributed by atoms with Crippen molar-refractivity contribution < 1.29 is 27.1 Å². The minimum absolute atomic E-state index is 0.0121. The molecular formula is C24H32F2IN3O4S. The first-order valence-electron chi connectivity index (χ1n) is 11.2. The van der Waals surface area contributed by atoms with Crippen molar-refractivity contribution in [2.24, 2.45) is 11.7 Å². The first kappa shape index (κ1) is 29.6. The molecule has 0 saturated carbocycles. The highest BCUT2D eigenvalue weighted by molar-refractivity contribution is 14.1. The molecular weight excluding hydrogens is 591 g/mol. The molecule has 0 heterocycles. The lowest BCUT2D eigenvalue weighted by molar-refractivity contribution is -0.118. The second-order valence-corrected chi connectivity index (χ2v) is 12.1. The highest BCUT2D eigenvalue weighted by Crippen LogP contribution is 2.21. The van der Waals surface area contributed by atoms with E-state index in [1.54, 1.807) is 13.8 Å². The van der Waals surface area contributed by atoms with Crippen LogP contribution in [0.4, 0.5) is 8.78 Å². The third-order valence-electron chi connectivity index (χ3n) is 5.23. The molecule has 11 heteroatoms. The number of benzene rings is 2. The zero-order chi connectivity index (χ0) is 26.2. The maximum atomic E-state index is 13.9. The van der Waals surface area contributed by atoms with Crippen molar-refractivity contribution in [1.82, 2.24) is 9.62 Å². The zero-order valence-corrected chi connectivity index (χ0v) is 22.7. The Morgan fingerprint density at radius 2 is 1.80 bits per heavy atom. The summed E-state index contributed by atoms with van der Waals surface area (Å²) in [5.74, 6) is -2.75. The second-order valence-electron chi connectivity index (χ2n) is 8.88. The van der Waals surface area contributed by atoms with Crippen molar-refractivity contribution in [3.05, 3.63) is 68.8 Å². The Bertz CT molecular complexity index is 1080. The lowest BCUT2D eigenvalue weighted by Crippen LogP contribution is -2.53. The van der Waals surface area contributed by atoms with Gasteiger partial charge in [-0.05, 0) is 70.3 Å². The Balaban J connectivity index is 2.34. The van der Waals surface area contributed by atoms with Crippen LogP contribution in [-0.2, 0) is 27.8 Å². The number of hydrogen-bond donors (Lipinski definition) is 3. The van der Waals surface area contributed by atoms with Gasteiger partial charge in [0.05, 0.1) is 17.9 Å². The minimum Gasteiger partial charge on any atom is -0.390 e. The van der Waals surface area contributed by atoms with Gasteiger partial charge in [0.15, 0.2) is 0 Å². The largest absolute Gasteiger partial charge is 0.390 e. The van der Waals surface area contributed by atoms with Crippen LogP contribution in [0.5, 0.6) is 0 Å². The summed E-state index contributed by atoms with van der Waals surface area (Å²) in [6, 6.07) is 9.58. The van der Waals surface area contributed by atoms with Gasteiger partial charge in [-0.25, -0.2) is 17.2 Å². The SMILES string of the molecule is CC(C)CS(=O)(=O)N(CCC(N)=O)[C@@H](Cc1cc(F)cc(F)c1)[C@H](O)CNCc1cccc(I)c1. The van der Waals surface area contributed by atoms with Crippen LogP contribution in [0.25, 0.3) is 0 Å². The Labute approximate surface area is 219 Å². The summed E-state index contributed by atoms with van der Waals surface area (Å²) in [6.45, 7) is 3.66. The predicted molar refractivity (Wildman–Crippen MR) is 140 cm³/mol. The number of nitrogens with two attached hydrogens (primary N) is 1. The fourth-order valence-electron chi connectivity index (χ4n) is 3.80. The molecule has 0 bridgehead atoms. The topological polar surface area (TPSA) is 113 Å². The zero-order valence-electron chi connectivity index (χ0n) is 19.8. The quantitative estimate of drug-likeness (QED) is 0.281. The van der Waals surface area contributed by atoms with E-state index in [9.17, 15) is 27.1 Å². The van der Waals surface area contributed by atoms with Crippen LogP contribution in [0, 0.1) is 21.1 Å². The van der Waals surface area contributed by atoms with Crippen LogP contribution in [0.1, 0.15) is 31.4 Å². The van der Waals surface area contributed by atoms with Crippen LogP contribution >= 0.6 is 22.6 Å². The lowest BCUT2D eigenvalue weighted by atomic mass is 10.0. The van der Waals surface area contributed by atoms with E-state index < -0.39 is 39.7 Å². The normalized spacial score (nSPS) is 13.8. The standard InChI is InChI=1S/C24H32F2IN3O4S/c1-16(2)15-35(33,34)30(7-6-24(28)32)22(11-18-8-19(25)12-20(26)9-18)23(31)14-29-13-17-4-3-5-21(27)10-17/h3-5,8-10,12,16,22-23,29,31H,6-7,11,13-15H2,1-2H3,(H2,28,32)/t22-,23+/m0/s1. The van der Waals surface area contributed by atoms with Crippen molar-refractivity contribution >= 4 is 38.5 Å². The van der Waals surface area contributed by atoms with E-state index in [4.69, 9.17) is 5.73 Å². The molecule has 0 aliphatic heterocycles. The maximum Gasteiger partial charge on any atom is 0.218 e. The van der Waals surface area contributed by atoms with E-state index in [-0.39, 0.29) is 43.2 Å². The number of hydrogen-bond acceptors (Lipinski definition) is 5. The average Bonchev–Trinajstić information content (AvgIpc) is 2.71. The van der Waals surface area contributed by atoms with Crippen LogP contribution in [0.3, 0.4) is 0 Å². The second kappa shape index (κ2) is 13.6. The molecule has 2 aromatic rings. The number of primary amides is 1. The van der Waals surface area contributed by atoms with Crippen LogP contribution in [-0.4, -0.2) is 54.7 Å². The van der Waals surface area contributed by atoms with E-state index in [0.29, 0.717) is 6.54 Å². The molecule has 2 aromatic carbocycles. The smallest absolute Gasteiger partial charge is 0.218 e. The summed E-state index contributed by atoms with van der Waals surface area (Å²) in [4.78, 5) is 11.5. The van der Waals surface area contributed by atoms with Crippen molar-refractivity contribution in [2.45, 2.75) is 45.4 Å². The van der Waals surface area contributed by atoms with Gasteiger partial charge in [0.25, 0.3) is 0 Å². The number of sulfonamides is 1. The minimum atomic E-state index is -3.94. The molecule has 0 aliphatic carbocycles. The van der Waals surface area contributed by atoms with Crippen LogP contribution < -0.4 is 11.1 Å². The van der Waals surface area contributed by atoms with E-state index in [1.165, 1.54) is 0 Å². The molecule has 2 atom stereocenters. The van der Waals surface area contributed by atoms with Gasteiger partial charge in [0, 0.05) is 35.7 Å². The van der Waals surface area contributed by atoms with Gasteiger partial charge < -0.3 is 16.2 Å². The summed E-state index contributed by atoms with van der Waals surface area (Å²) in [6.07, 6.45) is -1.65. The van der Waals surface area contributed by atoms with E-state index >= 15 is 0 Å². The highest BCUT2D eigenvalue weighted by atomic mass is 127. The highest BCUT2D eigenvalue weighted by Gasteiger charge is 2.35. The fourth-order valence-corrected chi connectivity index (χ4v) is 6.43. The molecule has 1 amide bonds. The van der Waals surface area contributed by atoms with Crippen molar-refractivity contribution in [3.8, 4) is 0 Å². The van der Waals surface area contributed by atoms with Gasteiger partial charge in [-0.1, -0.05) is 26.0 Å². The monoisotopic (exact) mass is 623 g/mol. The summed E-state index contributed by atoms with van der Waals surface area (Å²) in [5.41, 5.74) is 6.44. The molecule has 0 saturated heterocycles. The fraction of sp³-hybridized carbons (Fsp3) is 0.458. The summed E-state index contributed by atoms with van der Waals surface area (Å²) < 4.78 is 56.3. The van der Waals surface area contributed by atoms with E-state index in [0.717, 1.165) is 31.6 Å².